The molecule has 1 heterocycles. The molecule has 1 amide bonds. The molecule has 1 N–H and O–H groups in total. The Labute approximate surface area is 194 Å². The van der Waals surface area contributed by atoms with Gasteiger partial charge in [0.05, 0.1) is 18.8 Å². The third-order valence-corrected chi connectivity index (χ3v) is 5.62. The van der Waals surface area contributed by atoms with Crippen molar-refractivity contribution in [1.29, 1.82) is 0 Å². The second-order valence-corrected chi connectivity index (χ2v) is 7.91. The molecule has 3 aromatic carbocycles. The van der Waals surface area contributed by atoms with Crippen LogP contribution < -0.4 is 10.2 Å². The van der Waals surface area contributed by atoms with Gasteiger partial charge in [0.15, 0.2) is 6.61 Å². The van der Waals surface area contributed by atoms with Crippen LogP contribution in [0.15, 0.2) is 78.9 Å². The van der Waals surface area contributed by atoms with Gasteiger partial charge >= 0.3 is 5.97 Å². The standard InChI is InChI=1S/C27H28N2O4/c30-26(28-23-12-14-24(15-13-23)29-16-18-32-19-17-29)20-33-27(31)25-9-5-4-8-22(25)11-10-21-6-2-1-3-7-21/h1-9,12-15H,10-11,16-20H2,(H,28,30). The molecule has 0 unspecified atom stereocenters. The van der Waals surface area contributed by atoms with Crippen LogP contribution in [0.4, 0.5) is 11.4 Å². The zero-order valence-corrected chi connectivity index (χ0v) is 18.5. The number of benzene rings is 3. The fraction of sp³-hybridized carbons (Fsp3) is 0.259. The highest BCUT2D eigenvalue weighted by Gasteiger charge is 2.15. The van der Waals surface area contributed by atoms with Gasteiger partial charge in [-0.3, -0.25) is 4.79 Å². The molecule has 0 aliphatic carbocycles. The number of rotatable bonds is 8. The van der Waals surface area contributed by atoms with Crippen molar-refractivity contribution in [2.24, 2.45) is 0 Å². The number of nitrogens with one attached hydrogen (secondary N) is 1. The number of amides is 1. The molecule has 0 atom stereocenters. The summed E-state index contributed by atoms with van der Waals surface area (Å²) in [6.45, 7) is 2.82. The molecule has 1 fully saturated rings. The van der Waals surface area contributed by atoms with E-state index in [2.05, 4.69) is 22.3 Å². The minimum Gasteiger partial charge on any atom is -0.452 e. The number of anilines is 2. The van der Waals surface area contributed by atoms with Crippen molar-refractivity contribution in [1.82, 2.24) is 0 Å². The maximum Gasteiger partial charge on any atom is 0.338 e. The Morgan fingerprint density at radius 3 is 2.30 bits per heavy atom. The Bertz CT molecular complexity index is 1060. The smallest absolute Gasteiger partial charge is 0.338 e. The number of esters is 1. The zero-order valence-electron chi connectivity index (χ0n) is 18.5. The van der Waals surface area contributed by atoms with E-state index in [1.54, 1.807) is 12.1 Å². The number of morpholine rings is 1. The van der Waals surface area contributed by atoms with Gasteiger partial charge in [0.25, 0.3) is 5.91 Å². The predicted octanol–water partition coefficient (Wildman–Crippen LogP) is 4.10. The van der Waals surface area contributed by atoms with Gasteiger partial charge in [0.1, 0.15) is 0 Å². The summed E-state index contributed by atoms with van der Waals surface area (Å²) in [6, 6.07) is 25.1. The van der Waals surface area contributed by atoms with Crippen LogP contribution >= 0.6 is 0 Å². The van der Waals surface area contributed by atoms with E-state index in [1.165, 1.54) is 5.56 Å². The third-order valence-electron chi connectivity index (χ3n) is 5.62. The van der Waals surface area contributed by atoms with Gasteiger partial charge in [0, 0.05) is 24.5 Å². The van der Waals surface area contributed by atoms with Crippen LogP contribution in [0.3, 0.4) is 0 Å². The van der Waals surface area contributed by atoms with Crippen molar-refractivity contribution in [2.45, 2.75) is 12.8 Å². The highest BCUT2D eigenvalue weighted by atomic mass is 16.5. The van der Waals surface area contributed by atoms with Gasteiger partial charge in [-0.2, -0.15) is 0 Å². The molecule has 1 aliphatic rings. The highest BCUT2D eigenvalue weighted by molar-refractivity contribution is 5.96. The van der Waals surface area contributed by atoms with Crippen molar-refractivity contribution in [3.8, 4) is 0 Å². The Kier molecular flexibility index (Phi) is 7.72. The molecule has 0 saturated carbocycles. The number of ether oxygens (including phenoxy) is 2. The molecule has 170 valence electrons. The van der Waals surface area contributed by atoms with Gasteiger partial charge in [-0.15, -0.1) is 0 Å². The van der Waals surface area contributed by atoms with E-state index in [4.69, 9.17) is 9.47 Å². The van der Waals surface area contributed by atoms with Crippen LogP contribution in [0.1, 0.15) is 21.5 Å². The summed E-state index contributed by atoms with van der Waals surface area (Å²) in [5, 5.41) is 2.78. The summed E-state index contributed by atoms with van der Waals surface area (Å²) >= 11 is 0. The topological polar surface area (TPSA) is 67.9 Å². The first-order valence-corrected chi connectivity index (χ1v) is 11.2. The fourth-order valence-corrected chi connectivity index (χ4v) is 3.84. The number of nitrogens with zero attached hydrogens (tertiary/aromatic N) is 1. The van der Waals surface area contributed by atoms with Crippen molar-refractivity contribution in [2.75, 3.05) is 43.1 Å². The van der Waals surface area contributed by atoms with E-state index in [1.807, 2.05) is 54.6 Å². The van der Waals surface area contributed by atoms with Crippen molar-refractivity contribution in [3.63, 3.8) is 0 Å². The average molecular weight is 445 g/mol. The molecule has 33 heavy (non-hydrogen) atoms. The quantitative estimate of drug-likeness (QED) is 0.530. The largest absolute Gasteiger partial charge is 0.452 e. The molecule has 0 spiro atoms. The lowest BCUT2D eigenvalue weighted by Crippen LogP contribution is -2.36. The lowest BCUT2D eigenvalue weighted by atomic mass is 10.00. The van der Waals surface area contributed by atoms with Gasteiger partial charge < -0.3 is 19.7 Å². The van der Waals surface area contributed by atoms with Gasteiger partial charge in [-0.25, -0.2) is 4.79 Å². The van der Waals surface area contributed by atoms with Gasteiger partial charge in [-0.1, -0.05) is 48.5 Å². The second-order valence-electron chi connectivity index (χ2n) is 7.91. The molecular weight excluding hydrogens is 416 g/mol. The number of hydrogen-bond acceptors (Lipinski definition) is 5. The van der Waals surface area contributed by atoms with Crippen molar-refractivity contribution < 1.29 is 19.1 Å². The molecular formula is C27H28N2O4. The van der Waals surface area contributed by atoms with Crippen LogP contribution in [0.25, 0.3) is 0 Å². The number of hydrogen-bond donors (Lipinski definition) is 1. The Morgan fingerprint density at radius 1 is 0.848 bits per heavy atom. The lowest BCUT2D eigenvalue weighted by Gasteiger charge is -2.28. The monoisotopic (exact) mass is 444 g/mol. The van der Waals surface area contributed by atoms with Crippen LogP contribution in [0, 0.1) is 0 Å². The van der Waals surface area contributed by atoms with E-state index in [0.29, 0.717) is 11.3 Å². The molecule has 0 aromatic heterocycles. The molecule has 6 nitrogen and oxygen atoms in total. The van der Waals surface area contributed by atoms with E-state index in [0.717, 1.165) is 50.4 Å². The summed E-state index contributed by atoms with van der Waals surface area (Å²) in [7, 11) is 0. The SMILES string of the molecule is O=C(COC(=O)c1ccccc1CCc1ccccc1)Nc1ccc(N2CCOCC2)cc1. The lowest BCUT2D eigenvalue weighted by molar-refractivity contribution is -0.119. The molecule has 3 aromatic rings. The van der Waals surface area contributed by atoms with Crippen molar-refractivity contribution >= 4 is 23.3 Å². The minimum atomic E-state index is -0.489. The Hall–Kier alpha value is -3.64. The van der Waals surface area contributed by atoms with Crippen LogP contribution in [0.2, 0.25) is 0 Å². The third kappa shape index (κ3) is 6.43. The molecule has 1 saturated heterocycles. The Balaban J connectivity index is 1.28. The van der Waals surface area contributed by atoms with Gasteiger partial charge in [0.2, 0.25) is 0 Å². The number of carbonyl (C=O) groups is 2. The van der Waals surface area contributed by atoms with Gasteiger partial charge in [-0.05, 0) is 54.3 Å². The minimum absolute atomic E-state index is 0.336. The summed E-state index contributed by atoms with van der Waals surface area (Å²) in [5.41, 5.74) is 4.37. The first kappa shape index (κ1) is 22.6. The predicted molar refractivity (Wildman–Crippen MR) is 129 cm³/mol. The first-order valence-electron chi connectivity index (χ1n) is 11.2. The van der Waals surface area contributed by atoms with Crippen LogP contribution in [-0.2, 0) is 27.1 Å². The molecule has 4 rings (SSSR count). The highest BCUT2D eigenvalue weighted by Crippen LogP contribution is 2.19. The van der Waals surface area contributed by atoms with E-state index in [9.17, 15) is 9.59 Å². The van der Waals surface area contributed by atoms with E-state index < -0.39 is 5.97 Å². The Morgan fingerprint density at radius 2 is 1.55 bits per heavy atom. The van der Waals surface area contributed by atoms with Crippen LogP contribution in [0.5, 0.6) is 0 Å². The zero-order chi connectivity index (χ0) is 22.9. The summed E-state index contributed by atoms with van der Waals surface area (Å²) in [4.78, 5) is 27.2. The summed E-state index contributed by atoms with van der Waals surface area (Å²) in [5.74, 6) is -0.860. The van der Waals surface area contributed by atoms with Crippen molar-refractivity contribution in [3.05, 3.63) is 95.6 Å². The number of carbonyl (C=O) groups excluding carboxylic acids is 2. The normalized spacial score (nSPS) is 13.4. The summed E-state index contributed by atoms with van der Waals surface area (Å²) < 4.78 is 10.7. The molecule has 6 heteroatoms. The number of aryl methyl sites for hydroxylation is 2. The van der Waals surface area contributed by atoms with E-state index in [-0.39, 0.29) is 12.5 Å². The van der Waals surface area contributed by atoms with E-state index >= 15 is 0 Å². The summed E-state index contributed by atoms with van der Waals surface area (Å²) in [6.07, 6.45) is 1.54. The first-order chi connectivity index (χ1) is 16.2. The maximum absolute atomic E-state index is 12.6. The maximum atomic E-state index is 12.6. The molecule has 1 aliphatic heterocycles. The molecule has 0 bridgehead atoms. The average Bonchev–Trinajstić information content (AvgIpc) is 2.88. The van der Waals surface area contributed by atoms with Crippen LogP contribution in [-0.4, -0.2) is 44.8 Å². The second kappa shape index (κ2) is 11.3. The molecule has 0 radical (unpaired) electrons. The fourth-order valence-electron chi connectivity index (χ4n) is 3.84.